The van der Waals surface area contributed by atoms with Gasteiger partial charge in [-0.25, -0.2) is 14.4 Å². The summed E-state index contributed by atoms with van der Waals surface area (Å²) < 4.78 is 112. The highest BCUT2D eigenvalue weighted by atomic mass is 19.4. The fraction of sp³-hybridized carbons (Fsp3) is 0.226. The summed E-state index contributed by atoms with van der Waals surface area (Å²) in [5, 5.41) is 12.6. The molecule has 1 aliphatic heterocycles. The number of nitrogens with zero attached hydrogens (tertiary/aromatic N) is 5. The number of aromatic amines is 6. The number of rotatable bonds is 6. The number of hydrogen-bond acceptors (Lipinski definition) is 13. The summed E-state index contributed by atoms with van der Waals surface area (Å²) in [5.41, 5.74) is 7.05. The lowest BCUT2D eigenvalue weighted by molar-refractivity contribution is -0.137. The lowest BCUT2D eigenvalue weighted by Crippen LogP contribution is -2.41. The second-order valence-electron chi connectivity index (χ2n) is 22.5. The highest BCUT2D eigenvalue weighted by Crippen LogP contribution is 2.46. The Morgan fingerprint density at radius 3 is 1.39 bits per heavy atom. The van der Waals surface area contributed by atoms with E-state index in [-0.39, 0.29) is 39.0 Å². The Kier molecular flexibility index (Phi) is 14.0. The van der Waals surface area contributed by atoms with Gasteiger partial charge in [0.1, 0.15) is 17.3 Å². The molecule has 0 radical (unpaired) electrons. The number of aromatic nitrogens is 11. The zero-order valence-corrected chi connectivity index (χ0v) is 48.6. The van der Waals surface area contributed by atoms with Gasteiger partial charge >= 0.3 is 36.5 Å². The van der Waals surface area contributed by atoms with Crippen LogP contribution in [0.25, 0.3) is 111 Å². The Morgan fingerprint density at radius 1 is 0.455 bits per heavy atom. The molecular formula is C62H52BF6N11O8. The molecule has 0 amide bonds. The molecule has 0 spiro atoms. The average Bonchev–Trinajstić information content (AvgIpc) is 1.45. The number of imidazole rings is 3. The van der Waals surface area contributed by atoms with Crippen molar-refractivity contribution in [2.45, 2.75) is 92.8 Å². The van der Waals surface area contributed by atoms with Crippen LogP contribution in [0.5, 0.6) is 0 Å². The fourth-order valence-electron chi connectivity index (χ4n) is 11.4. The van der Waals surface area contributed by atoms with Crippen molar-refractivity contribution in [2.24, 2.45) is 0 Å². The van der Waals surface area contributed by atoms with Crippen LogP contribution in [0.4, 0.5) is 26.3 Å². The van der Waals surface area contributed by atoms with E-state index in [4.69, 9.17) is 22.9 Å². The van der Waals surface area contributed by atoms with Gasteiger partial charge in [0.2, 0.25) is 0 Å². The van der Waals surface area contributed by atoms with E-state index in [1.54, 1.807) is 76.2 Å². The summed E-state index contributed by atoms with van der Waals surface area (Å²) in [7, 11) is -0.589. The largest absolute Gasteiger partial charge is 0.497 e. The molecule has 0 aliphatic carbocycles. The van der Waals surface area contributed by atoms with Gasteiger partial charge in [-0.2, -0.15) is 26.3 Å². The van der Waals surface area contributed by atoms with Crippen molar-refractivity contribution >= 4 is 67.5 Å². The number of H-pyrrole nitrogens is 6. The maximum atomic E-state index is 14.0. The number of alkyl halides is 6. The Labute approximate surface area is 493 Å². The van der Waals surface area contributed by atoms with Crippen molar-refractivity contribution in [1.82, 2.24) is 55.3 Å². The van der Waals surface area contributed by atoms with E-state index in [1.165, 1.54) is 24.5 Å². The smallest absolute Gasteiger partial charge is 0.399 e. The molecule has 448 valence electrons. The molecule has 9 heterocycles. The second kappa shape index (κ2) is 21.1. The summed E-state index contributed by atoms with van der Waals surface area (Å²) in [5.74, 6) is 1.77. The summed E-state index contributed by atoms with van der Waals surface area (Å²) in [6.07, 6.45) is -6.18. The highest BCUT2D eigenvalue weighted by molar-refractivity contribution is 6.65. The number of fused-ring (bicyclic) bond motifs is 5. The first-order chi connectivity index (χ1) is 41.5. The third kappa shape index (κ3) is 10.4. The minimum absolute atomic E-state index is 0.0491. The van der Waals surface area contributed by atoms with Gasteiger partial charge in [-0.1, -0.05) is 33.7 Å². The van der Waals surface area contributed by atoms with Crippen molar-refractivity contribution in [3.8, 4) is 55.6 Å². The number of pyridine rings is 2. The van der Waals surface area contributed by atoms with Gasteiger partial charge in [0, 0.05) is 62.0 Å². The summed E-state index contributed by atoms with van der Waals surface area (Å²) in [6.45, 7) is 18.7. The van der Waals surface area contributed by atoms with Gasteiger partial charge in [0.15, 0.2) is 0 Å². The summed E-state index contributed by atoms with van der Waals surface area (Å²) >= 11 is 0. The van der Waals surface area contributed by atoms with Gasteiger partial charge in [-0.05, 0) is 158 Å². The molecule has 0 atom stereocenters. The van der Waals surface area contributed by atoms with Crippen molar-refractivity contribution in [3.63, 3.8) is 0 Å². The second-order valence-corrected chi connectivity index (χ2v) is 22.5. The van der Waals surface area contributed by atoms with E-state index < -0.39 is 53.2 Å². The van der Waals surface area contributed by atoms with E-state index in [0.29, 0.717) is 89.0 Å². The molecule has 13 aromatic rings. The number of nitrogens with one attached hydrogen (secondary N) is 6. The molecule has 5 aromatic carbocycles. The topological polar surface area (TPSA) is 268 Å². The normalized spacial score (nSPS) is 14.1. The van der Waals surface area contributed by atoms with Crippen LogP contribution in [0.1, 0.15) is 73.2 Å². The molecular weight excluding hydrogens is 1150 g/mol. The first kappa shape index (κ1) is 58.3. The van der Waals surface area contributed by atoms with Gasteiger partial charge < -0.3 is 52.8 Å². The summed E-state index contributed by atoms with van der Waals surface area (Å²) in [4.78, 5) is 60.7. The monoisotopic (exact) mass is 1200 g/mol. The predicted molar refractivity (Wildman–Crippen MR) is 319 cm³/mol. The molecule has 6 N–H and O–H groups in total. The predicted octanol–water partition coefficient (Wildman–Crippen LogP) is 13.2. The lowest BCUT2D eigenvalue weighted by atomic mass is 9.76. The maximum absolute atomic E-state index is 14.0. The number of halogens is 6. The van der Waals surface area contributed by atoms with Crippen molar-refractivity contribution in [1.29, 1.82) is 0 Å². The Bertz CT molecular complexity index is 5020. The van der Waals surface area contributed by atoms with E-state index in [0.717, 1.165) is 40.2 Å². The highest BCUT2D eigenvalue weighted by Gasteiger charge is 2.52. The molecule has 14 rings (SSSR count). The van der Waals surface area contributed by atoms with Crippen molar-refractivity contribution < 1.29 is 49.2 Å². The van der Waals surface area contributed by atoms with Gasteiger partial charge in [-0.3, -0.25) is 9.97 Å². The quantitative estimate of drug-likeness (QED) is 0.0669. The van der Waals surface area contributed by atoms with Crippen molar-refractivity contribution in [2.75, 3.05) is 0 Å². The van der Waals surface area contributed by atoms with Crippen LogP contribution in [0.3, 0.4) is 0 Å². The minimum Gasteiger partial charge on any atom is -0.399 e. The van der Waals surface area contributed by atoms with Gasteiger partial charge in [0.05, 0.1) is 83.5 Å². The van der Waals surface area contributed by atoms with Crippen LogP contribution in [0.2, 0.25) is 0 Å². The average molecular weight is 1200 g/mol. The van der Waals surface area contributed by atoms with Crippen LogP contribution in [0.15, 0.2) is 125 Å². The first-order valence-corrected chi connectivity index (χ1v) is 27.4. The van der Waals surface area contributed by atoms with E-state index >= 15 is 0 Å². The molecule has 1 fully saturated rings. The molecule has 88 heavy (non-hydrogen) atoms. The van der Waals surface area contributed by atoms with Gasteiger partial charge in [0.25, 0.3) is 0 Å². The number of hydrogen-bond donors (Lipinski definition) is 6. The molecule has 19 nitrogen and oxygen atoms in total. The SMILES string of the molecule is Cc1noc(C)c1-c1cc(-c2c(C(F)(F)F)ccc3ncccc23)c2[nH]c(=O)[nH]c2c1.Cc1noc(C)c1-c1cc(-c2cc3ncccc3cc2C(F)(F)F)c2[nH]c(=O)[nH]c2c1.Cc1noc(C)c1-c1cc(B2OC(C)(C)C(C)(C)O2)c2[nH]c(=O)[nH]c2c1. The zero-order valence-electron chi connectivity index (χ0n) is 48.6. The molecule has 0 saturated carbocycles. The van der Waals surface area contributed by atoms with E-state index in [2.05, 4.69) is 55.3 Å². The molecule has 1 aliphatic rings. The third-order valence-electron chi connectivity index (χ3n) is 16.1. The Hall–Kier alpha value is -10.1. The van der Waals surface area contributed by atoms with E-state index in [9.17, 15) is 40.7 Å². The van der Waals surface area contributed by atoms with Crippen molar-refractivity contribution in [3.05, 3.63) is 174 Å². The van der Waals surface area contributed by atoms with Crippen LogP contribution in [-0.2, 0) is 21.7 Å². The fourth-order valence-corrected chi connectivity index (χ4v) is 11.4. The van der Waals surface area contributed by atoms with Crippen LogP contribution in [0, 0.1) is 41.5 Å². The van der Waals surface area contributed by atoms with Crippen LogP contribution >= 0.6 is 0 Å². The maximum Gasteiger partial charge on any atom is 0.497 e. The lowest BCUT2D eigenvalue weighted by Gasteiger charge is -2.32. The number of benzene rings is 5. The number of aryl methyl sites for hydroxylation is 6. The minimum atomic E-state index is -4.61. The molecule has 8 aromatic heterocycles. The van der Waals surface area contributed by atoms with Crippen LogP contribution < -0.4 is 22.5 Å². The van der Waals surface area contributed by atoms with E-state index in [1.807, 2.05) is 53.7 Å². The molecule has 0 unspecified atom stereocenters. The third-order valence-corrected chi connectivity index (χ3v) is 16.1. The molecule has 0 bridgehead atoms. The molecule has 1 saturated heterocycles. The first-order valence-electron chi connectivity index (χ1n) is 27.4. The molecule has 26 heteroatoms. The Balaban J connectivity index is 0.000000129. The summed E-state index contributed by atoms with van der Waals surface area (Å²) in [6, 6.07) is 21.7. The Morgan fingerprint density at radius 2 is 0.898 bits per heavy atom. The van der Waals surface area contributed by atoms with Gasteiger partial charge in [-0.15, -0.1) is 0 Å². The van der Waals surface area contributed by atoms with Crippen LogP contribution in [-0.4, -0.2) is 73.7 Å². The standard InChI is InChI=1S/2C22H15F3N4O2.C18H22BN3O4/c1-10-18(11(2)31-29-10)12-8-14(20-17(9-12)27-21(30)28-20)19-13-4-3-7-26-16(13)6-5-15(19)22(23,24)25;1-10-19(11(2)31-29-10)13-6-15(20-18(8-13)27-21(30)28-20)14-9-17-12(4-3-5-26-17)7-16(14)22(23,24)25;1-9-14(10(2)24-22-9)11-7-12(15-13(8-11)20-16(23)21-15)19-25-17(3,4)18(5,6)26-19/h2*3-9H,1-2H3,(H2,27,28,30);7-8H,1-6H3,(H2,20,21,23). The zero-order chi connectivity index (χ0) is 62.7.